The average Bonchev–Trinajstić information content (AvgIpc) is 3.15. The van der Waals surface area contributed by atoms with Crippen molar-refractivity contribution in [1.82, 2.24) is 29.5 Å². The summed E-state index contributed by atoms with van der Waals surface area (Å²) in [4.78, 5) is 6.48. The second-order valence-corrected chi connectivity index (χ2v) is 5.35. The highest BCUT2D eigenvalue weighted by molar-refractivity contribution is 5.79. The largest absolute Gasteiger partial charge is 0.356 e. The zero-order chi connectivity index (χ0) is 15.8. The Balaban J connectivity index is 1.69. The van der Waals surface area contributed by atoms with Crippen molar-refractivity contribution < 1.29 is 0 Å². The van der Waals surface area contributed by atoms with Crippen molar-refractivity contribution in [3.05, 3.63) is 36.7 Å². The fourth-order valence-corrected chi connectivity index (χ4v) is 2.32. The lowest BCUT2D eigenvalue weighted by Gasteiger charge is -2.22. The van der Waals surface area contributed by atoms with Crippen LogP contribution in [0.4, 0.5) is 0 Å². The monoisotopic (exact) mass is 303 g/mol. The predicted molar refractivity (Wildman–Crippen MR) is 87.5 cm³/mol. The molecule has 0 amide bonds. The Hall–Kier alpha value is -2.31. The van der Waals surface area contributed by atoms with Crippen molar-refractivity contribution in [3.8, 4) is 0 Å². The van der Waals surface area contributed by atoms with Crippen LogP contribution < -0.4 is 5.32 Å². The first-order chi connectivity index (χ1) is 10.7. The van der Waals surface area contributed by atoms with Gasteiger partial charge < -0.3 is 19.4 Å². The van der Waals surface area contributed by atoms with Crippen LogP contribution in [-0.2, 0) is 20.1 Å². The Kier molecular flexibility index (Phi) is 6.00. The molecule has 0 radical (unpaired) electrons. The van der Waals surface area contributed by atoms with Crippen LogP contribution in [0.25, 0.3) is 0 Å². The number of hydrogen-bond donors (Lipinski definition) is 1. The molecule has 0 spiro atoms. The summed E-state index contributed by atoms with van der Waals surface area (Å²) in [6.45, 7) is 2.70. The molecule has 0 aromatic carbocycles. The van der Waals surface area contributed by atoms with Gasteiger partial charge in [-0.3, -0.25) is 4.99 Å². The van der Waals surface area contributed by atoms with Crippen LogP contribution in [0.2, 0.25) is 0 Å². The molecule has 0 aliphatic carbocycles. The molecule has 2 heterocycles. The summed E-state index contributed by atoms with van der Waals surface area (Å²) in [6.07, 6.45) is 7.73. The molecular formula is C15H25N7. The molecular weight excluding hydrogens is 278 g/mol. The zero-order valence-corrected chi connectivity index (χ0v) is 13.6. The first-order valence-electron chi connectivity index (χ1n) is 7.55. The van der Waals surface area contributed by atoms with Crippen LogP contribution in [-0.4, -0.2) is 50.8 Å². The number of nitrogens with zero attached hydrogens (tertiary/aromatic N) is 6. The number of aromatic nitrogens is 4. The molecule has 0 aliphatic rings. The summed E-state index contributed by atoms with van der Waals surface area (Å²) in [5.74, 6) is 0.922. The molecule has 0 unspecified atom stereocenters. The highest BCUT2D eigenvalue weighted by atomic mass is 15.3. The minimum atomic E-state index is 0.837. The highest BCUT2D eigenvalue weighted by Crippen LogP contribution is 2.03. The summed E-state index contributed by atoms with van der Waals surface area (Å²) in [5.41, 5.74) is 1.26. The predicted octanol–water partition coefficient (Wildman–Crippen LogP) is 1.10. The molecule has 2 rings (SSSR count). The van der Waals surface area contributed by atoms with Gasteiger partial charge in [-0.15, -0.1) is 10.2 Å². The number of aliphatic imine (C=N–C) groups is 1. The number of guanidine groups is 1. The van der Waals surface area contributed by atoms with E-state index in [1.54, 1.807) is 12.7 Å². The van der Waals surface area contributed by atoms with Gasteiger partial charge in [0.25, 0.3) is 0 Å². The van der Waals surface area contributed by atoms with Gasteiger partial charge in [0.2, 0.25) is 0 Å². The number of aryl methyl sites for hydroxylation is 2. The third-order valence-corrected chi connectivity index (χ3v) is 3.62. The van der Waals surface area contributed by atoms with Gasteiger partial charge in [-0.1, -0.05) is 0 Å². The van der Waals surface area contributed by atoms with E-state index in [-0.39, 0.29) is 0 Å². The molecule has 120 valence electrons. The van der Waals surface area contributed by atoms with Crippen LogP contribution in [0.1, 0.15) is 18.5 Å². The molecule has 0 atom stereocenters. The van der Waals surface area contributed by atoms with Gasteiger partial charge in [-0.05, 0) is 25.0 Å². The van der Waals surface area contributed by atoms with Crippen molar-refractivity contribution in [3.63, 3.8) is 0 Å². The smallest absolute Gasteiger partial charge is 0.193 e. The number of hydrogen-bond acceptors (Lipinski definition) is 3. The van der Waals surface area contributed by atoms with Gasteiger partial charge in [0.1, 0.15) is 12.7 Å². The standard InChI is InChI=1S/C15H25N7/c1-16-15(21(3)11-14-7-6-9-20(14)2)17-8-4-5-10-22-12-18-19-13-22/h6-7,9,12-13H,4-5,8,10-11H2,1-3H3,(H,16,17). The third kappa shape index (κ3) is 4.61. The Morgan fingerprint density at radius 3 is 2.73 bits per heavy atom. The second-order valence-electron chi connectivity index (χ2n) is 5.35. The van der Waals surface area contributed by atoms with Crippen molar-refractivity contribution in [1.29, 1.82) is 0 Å². The van der Waals surface area contributed by atoms with E-state index in [1.165, 1.54) is 5.69 Å². The zero-order valence-electron chi connectivity index (χ0n) is 13.6. The number of rotatable bonds is 7. The lowest BCUT2D eigenvalue weighted by atomic mass is 10.3. The van der Waals surface area contributed by atoms with Crippen LogP contribution >= 0.6 is 0 Å². The fraction of sp³-hybridized carbons (Fsp3) is 0.533. The maximum absolute atomic E-state index is 4.34. The summed E-state index contributed by atoms with van der Waals surface area (Å²) in [7, 11) is 5.94. The molecule has 0 saturated carbocycles. The van der Waals surface area contributed by atoms with E-state index in [4.69, 9.17) is 0 Å². The minimum absolute atomic E-state index is 0.837. The van der Waals surface area contributed by atoms with Crippen LogP contribution in [0.3, 0.4) is 0 Å². The molecule has 0 bridgehead atoms. The van der Waals surface area contributed by atoms with Crippen molar-refractivity contribution in [2.45, 2.75) is 25.9 Å². The molecule has 0 aliphatic heterocycles. The van der Waals surface area contributed by atoms with E-state index in [0.29, 0.717) is 0 Å². The lowest BCUT2D eigenvalue weighted by molar-refractivity contribution is 0.459. The molecule has 0 fully saturated rings. The SMILES string of the molecule is CN=C(NCCCCn1cnnc1)N(C)Cc1cccn1C. The molecule has 22 heavy (non-hydrogen) atoms. The summed E-state index contributed by atoms with van der Waals surface area (Å²) in [5, 5.41) is 11.0. The van der Waals surface area contributed by atoms with Crippen LogP contribution in [0.5, 0.6) is 0 Å². The van der Waals surface area contributed by atoms with Gasteiger partial charge in [-0.25, -0.2) is 0 Å². The Morgan fingerprint density at radius 1 is 1.32 bits per heavy atom. The Bertz CT molecular complexity index is 570. The van der Waals surface area contributed by atoms with Gasteiger partial charge in [0.05, 0.1) is 6.54 Å². The van der Waals surface area contributed by atoms with E-state index in [2.05, 4.69) is 62.4 Å². The molecule has 2 aromatic heterocycles. The topological polar surface area (TPSA) is 63.3 Å². The number of unbranched alkanes of at least 4 members (excludes halogenated alkanes) is 1. The molecule has 2 aromatic rings. The maximum atomic E-state index is 4.34. The van der Waals surface area contributed by atoms with Gasteiger partial charge in [0, 0.05) is 46.1 Å². The van der Waals surface area contributed by atoms with Crippen molar-refractivity contribution in [2.24, 2.45) is 12.0 Å². The molecule has 7 heteroatoms. The molecule has 0 saturated heterocycles. The summed E-state index contributed by atoms with van der Waals surface area (Å²) < 4.78 is 4.12. The van der Waals surface area contributed by atoms with Gasteiger partial charge in [-0.2, -0.15) is 0 Å². The maximum Gasteiger partial charge on any atom is 0.193 e. The van der Waals surface area contributed by atoms with E-state index >= 15 is 0 Å². The van der Waals surface area contributed by atoms with E-state index in [0.717, 1.165) is 38.4 Å². The molecule has 1 N–H and O–H groups in total. The van der Waals surface area contributed by atoms with Crippen molar-refractivity contribution in [2.75, 3.05) is 20.6 Å². The first-order valence-corrected chi connectivity index (χ1v) is 7.55. The van der Waals surface area contributed by atoms with Gasteiger partial charge in [0.15, 0.2) is 5.96 Å². The van der Waals surface area contributed by atoms with Crippen LogP contribution in [0.15, 0.2) is 36.0 Å². The minimum Gasteiger partial charge on any atom is -0.356 e. The van der Waals surface area contributed by atoms with Crippen molar-refractivity contribution >= 4 is 5.96 Å². The van der Waals surface area contributed by atoms with E-state index in [9.17, 15) is 0 Å². The number of nitrogens with one attached hydrogen (secondary N) is 1. The third-order valence-electron chi connectivity index (χ3n) is 3.62. The Labute approximate surface area is 131 Å². The second kappa shape index (κ2) is 8.21. The first kappa shape index (κ1) is 16.1. The Morgan fingerprint density at radius 2 is 2.09 bits per heavy atom. The summed E-state index contributed by atoms with van der Waals surface area (Å²) in [6, 6.07) is 4.19. The normalized spacial score (nSPS) is 11.7. The van der Waals surface area contributed by atoms with E-state index in [1.807, 2.05) is 11.6 Å². The van der Waals surface area contributed by atoms with E-state index < -0.39 is 0 Å². The average molecular weight is 303 g/mol. The quantitative estimate of drug-likeness (QED) is 0.473. The lowest BCUT2D eigenvalue weighted by Crippen LogP contribution is -2.39. The van der Waals surface area contributed by atoms with Crippen LogP contribution in [0, 0.1) is 0 Å². The fourth-order valence-electron chi connectivity index (χ4n) is 2.32. The van der Waals surface area contributed by atoms with Gasteiger partial charge >= 0.3 is 0 Å². The molecule has 7 nitrogen and oxygen atoms in total. The highest BCUT2D eigenvalue weighted by Gasteiger charge is 2.07. The summed E-state index contributed by atoms with van der Waals surface area (Å²) >= 11 is 0.